The third kappa shape index (κ3) is 4.22. The summed E-state index contributed by atoms with van der Waals surface area (Å²) in [5.41, 5.74) is 6.16. The number of anilines is 1. The van der Waals surface area contributed by atoms with Crippen molar-refractivity contribution in [1.29, 1.82) is 0 Å². The average molecular weight is 308 g/mol. The Labute approximate surface area is 108 Å². The Kier molecular flexibility index (Phi) is 5.98. The summed E-state index contributed by atoms with van der Waals surface area (Å²) in [7, 11) is 0. The fourth-order valence-electron chi connectivity index (χ4n) is 1.16. The van der Waals surface area contributed by atoms with E-state index in [1.165, 1.54) is 12.1 Å². The molecule has 0 aliphatic heterocycles. The third-order valence-electron chi connectivity index (χ3n) is 1.95. The lowest BCUT2D eigenvalue weighted by Gasteiger charge is -2.09. The van der Waals surface area contributed by atoms with Gasteiger partial charge in [0.2, 0.25) is 0 Å². The molecule has 16 heavy (non-hydrogen) atoms. The van der Waals surface area contributed by atoms with E-state index >= 15 is 0 Å². The molecule has 0 radical (unpaired) electrons. The molecule has 0 spiro atoms. The third-order valence-corrected chi connectivity index (χ3v) is 3.54. The van der Waals surface area contributed by atoms with Crippen molar-refractivity contribution in [2.45, 2.75) is 13.3 Å². The van der Waals surface area contributed by atoms with Crippen LogP contribution in [0.2, 0.25) is 0 Å². The van der Waals surface area contributed by atoms with E-state index in [0.29, 0.717) is 22.5 Å². The highest BCUT2D eigenvalue weighted by atomic mass is 79.9. The fourth-order valence-corrected chi connectivity index (χ4v) is 2.13. The molecule has 1 rings (SSSR count). The molecule has 0 fully saturated rings. The first-order valence-corrected chi connectivity index (χ1v) is 7.05. The zero-order valence-corrected chi connectivity index (χ0v) is 11.5. The van der Waals surface area contributed by atoms with E-state index in [4.69, 9.17) is 10.5 Å². The van der Waals surface area contributed by atoms with Gasteiger partial charge in [-0.3, -0.25) is 0 Å². The molecule has 0 saturated heterocycles. The Morgan fingerprint density at radius 1 is 1.50 bits per heavy atom. The summed E-state index contributed by atoms with van der Waals surface area (Å²) in [4.78, 5) is 0. The van der Waals surface area contributed by atoms with Crippen LogP contribution in [-0.4, -0.2) is 18.1 Å². The first-order valence-electron chi connectivity index (χ1n) is 5.10. The number of nitrogens with two attached hydrogens (primary N) is 1. The SMILES string of the molecule is CCSCCCOc1cc(F)c(Br)cc1N. The molecule has 0 saturated carbocycles. The second-order valence-electron chi connectivity index (χ2n) is 3.20. The quantitative estimate of drug-likeness (QED) is 0.643. The van der Waals surface area contributed by atoms with Crippen LogP contribution in [0.25, 0.3) is 0 Å². The Balaban J connectivity index is 2.45. The number of halogens is 2. The van der Waals surface area contributed by atoms with Gasteiger partial charge in [0.25, 0.3) is 0 Å². The second kappa shape index (κ2) is 7.01. The summed E-state index contributed by atoms with van der Waals surface area (Å²) < 4.78 is 19.0. The molecule has 0 atom stereocenters. The van der Waals surface area contributed by atoms with Crippen molar-refractivity contribution in [3.8, 4) is 5.75 Å². The van der Waals surface area contributed by atoms with Crippen molar-refractivity contribution in [3.63, 3.8) is 0 Å². The molecule has 90 valence electrons. The van der Waals surface area contributed by atoms with Gasteiger partial charge < -0.3 is 10.5 Å². The molecule has 0 bridgehead atoms. The van der Waals surface area contributed by atoms with Crippen molar-refractivity contribution in [2.75, 3.05) is 23.8 Å². The van der Waals surface area contributed by atoms with Crippen molar-refractivity contribution >= 4 is 33.4 Å². The molecular formula is C11H15BrFNOS. The number of hydrogen-bond donors (Lipinski definition) is 1. The normalized spacial score (nSPS) is 10.4. The average Bonchev–Trinajstić information content (AvgIpc) is 2.25. The van der Waals surface area contributed by atoms with Gasteiger partial charge in [-0.2, -0.15) is 11.8 Å². The van der Waals surface area contributed by atoms with Gasteiger partial charge in [-0.05, 0) is 39.9 Å². The molecule has 0 amide bonds. The van der Waals surface area contributed by atoms with Gasteiger partial charge in [-0.1, -0.05) is 6.92 Å². The second-order valence-corrected chi connectivity index (χ2v) is 5.45. The van der Waals surface area contributed by atoms with Gasteiger partial charge in [-0.15, -0.1) is 0 Å². The maximum atomic E-state index is 13.2. The van der Waals surface area contributed by atoms with Crippen LogP contribution < -0.4 is 10.5 Å². The number of hydrogen-bond acceptors (Lipinski definition) is 3. The number of nitrogen functional groups attached to an aromatic ring is 1. The fraction of sp³-hybridized carbons (Fsp3) is 0.455. The lowest BCUT2D eigenvalue weighted by Crippen LogP contribution is -2.02. The van der Waals surface area contributed by atoms with Gasteiger partial charge in [0, 0.05) is 6.07 Å². The summed E-state index contributed by atoms with van der Waals surface area (Å²) in [6, 6.07) is 2.83. The predicted octanol–water partition coefficient (Wildman–Crippen LogP) is 3.69. The summed E-state index contributed by atoms with van der Waals surface area (Å²) in [6.07, 6.45) is 0.940. The lowest BCUT2D eigenvalue weighted by atomic mass is 10.3. The van der Waals surface area contributed by atoms with Crippen LogP contribution in [0.5, 0.6) is 5.75 Å². The van der Waals surface area contributed by atoms with E-state index in [2.05, 4.69) is 22.9 Å². The van der Waals surface area contributed by atoms with Crippen molar-refractivity contribution < 1.29 is 9.13 Å². The molecule has 2 nitrogen and oxygen atoms in total. The smallest absolute Gasteiger partial charge is 0.145 e. The maximum Gasteiger partial charge on any atom is 0.145 e. The van der Waals surface area contributed by atoms with Gasteiger partial charge in [-0.25, -0.2) is 4.39 Å². The molecule has 0 heterocycles. The minimum Gasteiger partial charge on any atom is -0.491 e. The molecule has 2 N–H and O–H groups in total. The Morgan fingerprint density at radius 2 is 2.25 bits per heavy atom. The highest BCUT2D eigenvalue weighted by Crippen LogP contribution is 2.28. The van der Waals surface area contributed by atoms with Gasteiger partial charge in [0.15, 0.2) is 0 Å². The maximum absolute atomic E-state index is 13.2. The van der Waals surface area contributed by atoms with E-state index in [-0.39, 0.29) is 5.82 Å². The summed E-state index contributed by atoms with van der Waals surface area (Å²) in [6.45, 7) is 2.69. The monoisotopic (exact) mass is 307 g/mol. The molecule has 1 aromatic carbocycles. The highest BCUT2D eigenvalue weighted by Gasteiger charge is 2.06. The number of thioether (sulfide) groups is 1. The van der Waals surface area contributed by atoms with Crippen molar-refractivity contribution in [3.05, 3.63) is 22.4 Å². The minimum absolute atomic E-state index is 0.355. The van der Waals surface area contributed by atoms with Crippen molar-refractivity contribution in [1.82, 2.24) is 0 Å². The van der Waals surface area contributed by atoms with Crippen LogP contribution >= 0.6 is 27.7 Å². The van der Waals surface area contributed by atoms with E-state index in [0.717, 1.165) is 17.9 Å². The molecule has 1 aromatic rings. The molecule has 0 unspecified atom stereocenters. The Hall–Kier alpha value is -0.420. The number of rotatable bonds is 6. The van der Waals surface area contributed by atoms with Gasteiger partial charge >= 0.3 is 0 Å². The zero-order chi connectivity index (χ0) is 12.0. The largest absolute Gasteiger partial charge is 0.491 e. The van der Waals surface area contributed by atoms with E-state index in [1.54, 1.807) is 0 Å². The lowest BCUT2D eigenvalue weighted by molar-refractivity contribution is 0.318. The summed E-state index contributed by atoms with van der Waals surface area (Å²) in [5, 5.41) is 0. The number of benzene rings is 1. The van der Waals surface area contributed by atoms with Crippen molar-refractivity contribution in [2.24, 2.45) is 0 Å². The Morgan fingerprint density at radius 3 is 2.94 bits per heavy atom. The molecule has 5 heteroatoms. The van der Waals surface area contributed by atoms with Crippen LogP contribution in [0.15, 0.2) is 16.6 Å². The van der Waals surface area contributed by atoms with Crippen LogP contribution in [-0.2, 0) is 0 Å². The molecule has 0 aliphatic rings. The first-order chi connectivity index (χ1) is 7.65. The highest BCUT2D eigenvalue weighted by molar-refractivity contribution is 9.10. The van der Waals surface area contributed by atoms with Gasteiger partial charge in [0.1, 0.15) is 11.6 Å². The van der Waals surface area contributed by atoms with Crippen LogP contribution in [0.3, 0.4) is 0 Å². The van der Waals surface area contributed by atoms with Crippen LogP contribution in [0.1, 0.15) is 13.3 Å². The Bertz CT molecular complexity index is 349. The molecular weight excluding hydrogens is 293 g/mol. The van der Waals surface area contributed by atoms with Crippen LogP contribution in [0, 0.1) is 5.82 Å². The van der Waals surface area contributed by atoms with Crippen LogP contribution in [0.4, 0.5) is 10.1 Å². The number of ether oxygens (including phenoxy) is 1. The van der Waals surface area contributed by atoms with Gasteiger partial charge in [0.05, 0.1) is 16.8 Å². The van der Waals surface area contributed by atoms with E-state index in [1.807, 2.05) is 11.8 Å². The standard InChI is InChI=1S/C11H15BrFNOS/c1-2-16-5-3-4-15-11-7-9(13)8(12)6-10(11)14/h6-7H,2-5,14H2,1H3. The van der Waals surface area contributed by atoms with E-state index < -0.39 is 0 Å². The molecule has 0 aromatic heterocycles. The summed E-state index contributed by atoms with van der Waals surface area (Å²) in [5.74, 6) is 2.22. The summed E-state index contributed by atoms with van der Waals surface area (Å²) >= 11 is 4.93. The molecule has 0 aliphatic carbocycles. The predicted molar refractivity (Wildman–Crippen MR) is 71.6 cm³/mol. The first kappa shape index (κ1) is 13.6. The topological polar surface area (TPSA) is 35.2 Å². The van der Waals surface area contributed by atoms with E-state index in [9.17, 15) is 4.39 Å². The minimum atomic E-state index is -0.355. The zero-order valence-electron chi connectivity index (χ0n) is 9.13.